The second-order valence-electron chi connectivity index (χ2n) is 11.6. The van der Waals surface area contributed by atoms with Gasteiger partial charge in [-0.05, 0) is 0 Å². The molecular formula is C23H28F2N10O14P4. The molecule has 0 radical (unpaired) electrons. The molecule has 0 fully saturated rings. The number of ether oxygens (including phenoxy) is 2. The van der Waals surface area contributed by atoms with Crippen LogP contribution in [0.1, 0.15) is 24.9 Å². The number of allylic oxidation sites excluding steroid dienone is 2. The van der Waals surface area contributed by atoms with E-state index in [1.165, 1.54) is 46.1 Å². The predicted octanol–water partition coefficient (Wildman–Crippen LogP) is 1.43. The highest BCUT2D eigenvalue weighted by Gasteiger charge is 2.69. The number of nitrogen functional groups attached to an aromatic ring is 2. The van der Waals surface area contributed by atoms with E-state index in [2.05, 4.69) is 38.5 Å². The number of nitrogens with zero attached hydrogens (tertiary/aromatic N) is 6. The van der Waals surface area contributed by atoms with Crippen molar-refractivity contribution in [2.75, 3.05) is 24.2 Å². The predicted molar refractivity (Wildman–Crippen MR) is 177 cm³/mol. The van der Waals surface area contributed by atoms with Crippen molar-refractivity contribution in [2.45, 2.75) is 42.5 Å². The lowest BCUT2D eigenvalue weighted by atomic mass is 10.2. The molecule has 8 atom stereocenters. The topological polar surface area (TPSA) is 365 Å². The number of rotatable bonds is 14. The van der Waals surface area contributed by atoms with Crippen LogP contribution in [-0.4, -0.2) is 88.9 Å². The number of fused-ring (bicyclic) bond motifs is 2. The van der Waals surface area contributed by atoms with Crippen LogP contribution >= 0.6 is 30.4 Å². The molecule has 0 bridgehead atoms. The maximum Gasteiger partial charge on any atom is 0.444 e. The number of H-pyrrole nitrogens is 2. The lowest BCUT2D eigenvalue weighted by Gasteiger charge is -2.28. The van der Waals surface area contributed by atoms with Crippen molar-refractivity contribution in [3.8, 4) is 0 Å². The zero-order valence-corrected chi connectivity index (χ0v) is 29.9. The van der Waals surface area contributed by atoms with Crippen molar-refractivity contribution < 1.29 is 64.7 Å². The van der Waals surface area contributed by atoms with Crippen molar-refractivity contribution in [3.63, 3.8) is 0 Å². The summed E-state index contributed by atoms with van der Waals surface area (Å²) in [4.78, 5) is 84.5. The van der Waals surface area contributed by atoms with Gasteiger partial charge in [0.05, 0.1) is 36.9 Å². The molecule has 0 amide bonds. The van der Waals surface area contributed by atoms with Crippen LogP contribution in [0.5, 0.6) is 0 Å². The summed E-state index contributed by atoms with van der Waals surface area (Å²) in [6.45, 7) is 0. The third-order valence-electron chi connectivity index (χ3n) is 7.72. The van der Waals surface area contributed by atoms with Gasteiger partial charge in [-0.2, -0.15) is 18.7 Å². The number of halogens is 2. The molecule has 0 saturated heterocycles. The number of hydrogen-bond donors (Lipinski definition) is 8. The van der Waals surface area contributed by atoms with Crippen molar-refractivity contribution in [2.24, 2.45) is 0 Å². The first-order valence-corrected chi connectivity index (χ1v) is 21.4. The molecule has 0 aliphatic heterocycles. The highest BCUT2D eigenvalue weighted by atomic mass is 31.3. The number of hydrogen-bond acceptors (Lipinski definition) is 16. The Balaban J connectivity index is 1.02. The average molecular weight is 830 g/mol. The molecule has 4 heterocycles. The summed E-state index contributed by atoms with van der Waals surface area (Å²) >= 11 is 0. The summed E-state index contributed by atoms with van der Waals surface area (Å²) in [5.41, 5.74) is 10.1. The van der Waals surface area contributed by atoms with Gasteiger partial charge < -0.3 is 49.6 Å². The van der Waals surface area contributed by atoms with Crippen LogP contribution < -0.4 is 22.6 Å². The second kappa shape index (κ2) is 13.8. The van der Waals surface area contributed by atoms with E-state index in [1.807, 2.05) is 0 Å². The van der Waals surface area contributed by atoms with Crippen LogP contribution in [0.2, 0.25) is 0 Å². The van der Waals surface area contributed by atoms with E-state index in [0.29, 0.717) is 0 Å². The van der Waals surface area contributed by atoms with Crippen molar-refractivity contribution in [1.82, 2.24) is 39.0 Å². The minimum atomic E-state index is -6.96. The van der Waals surface area contributed by atoms with E-state index < -0.39 is 83.9 Å². The molecule has 53 heavy (non-hydrogen) atoms. The van der Waals surface area contributed by atoms with Gasteiger partial charge in [-0.3, -0.25) is 37.8 Å². The summed E-state index contributed by atoms with van der Waals surface area (Å²) in [6, 6.07) is -1.18. The first-order valence-electron chi connectivity index (χ1n) is 14.7. The van der Waals surface area contributed by atoms with Gasteiger partial charge in [-0.15, -0.1) is 0 Å². The van der Waals surface area contributed by atoms with Gasteiger partial charge in [0.25, 0.3) is 11.1 Å². The maximum absolute atomic E-state index is 15.0. The molecule has 4 aromatic heterocycles. The molecule has 0 saturated carbocycles. The zero-order chi connectivity index (χ0) is 38.7. The fraction of sp³-hybridized carbons (Fsp3) is 0.391. The Kier molecular flexibility index (Phi) is 10.2. The molecule has 288 valence electrons. The fourth-order valence-corrected chi connectivity index (χ4v) is 12.0. The normalized spacial score (nSPS) is 25.0. The van der Waals surface area contributed by atoms with Gasteiger partial charge in [-0.1, -0.05) is 24.3 Å². The second-order valence-corrected chi connectivity index (χ2v) is 19.5. The number of imidazole rings is 2. The Morgan fingerprint density at radius 2 is 1.11 bits per heavy atom. The van der Waals surface area contributed by atoms with Crippen molar-refractivity contribution >= 4 is 64.6 Å². The van der Waals surface area contributed by atoms with Gasteiger partial charge in [0.15, 0.2) is 22.3 Å². The summed E-state index contributed by atoms with van der Waals surface area (Å²) in [7, 11) is -25.2. The molecule has 2 aliphatic rings. The Morgan fingerprint density at radius 3 is 1.49 bits per heavy atom. The van der Waals surface area contributed by atoms with Crippen molar-refractivity contribution in [1.29, 1.82) is 0 Å². The Morgan fingerprint density at radius 1 is 0.736 bits per heavy atom. The van der Waals surface area contributed by atoms with Gasteiger partial charge in [0.2, 0.25) is 11.9 Å². The number of aromatic nitrogens is 8. The Hall–Kier alpha value is -3.76. The van der Waals surface area contributed by atoms with E-state index in [-0.39, 0.29) is 47.1 Å². The number of nitrogens with one attached hydrogen (secondary N) is 2. The summed E-state index contributed by atoms with van der Waals surface area (Å²) < 4.78 is 101. The van der Waals surface area contributed by atoms with Crippen LogP contribution in [0, 0.1) is 0 Å². The van der Waals surface area contributed by atoms with Crippen LogP contribution in [-0.2, 0) is 36.4 Å². The summed E-state index contributed by atoms with van der Waals surface area (Å²) in [6.07, 6.45) is 3.35. The van der Waals surface area contributed by atoms with Gasteiger partial charge >= 0.3 is 35.8 Å². The van der Waals surface area contributed by atoms with E-state index in [4.69, 9.17) is 20.9 Å². The van der Waals surface area contributed by atoms with Crippen LogP contribution in [0.4, 0.5) is 20.7 Å². The molecule has 2 aliphatic carbocycles. The molecule has 4 unspecified atom stereocenters. The smallest absolute Gasteiger partial charge is 0.369 e. The molecule has 30 heteroatoms. The van der Waals surface area contributed by atoms with Gasteiger partial charge in [0, 0.05) is 12.8 Å². The van der Waals surface area contributed by atoms with Gasteiger partial charge in [0.1, 0.15) is 12.7 Å². The van der Waals surface area contributed by atoms with E-state index >= 15 is 0 Å². The fourth-order valence-electron chi connectivity index (χ4n) is 5.36. The van der Waals surface area contributed by atoms with E-state index in [9.17, 15) is 56.2 Å². The number of nitrogens with two attached hydrogens (primary N) is 2. The lowest BCUT2D eigenvalue weighted by molar-refractivity contribution is 0.0875. The van der Waals surface area contributed by atoms with Crippen molar-refractivity contribution in [3.05, 3.63) is 57.7 Å². The standard InChI is InChI=1S/C23H28F2N10O14P4/c24-23(25,52(42,43)48-50(38,39)9-46-13-3-1-11(5-13)34-7-28-15-17(34)30-21(26)32-19(15)36)53(44,45)49-51(40,41)10-47-14-4-2-12(6-14)35-8-29-16-18(35)31-22(27)33-20(16)37/h1-4,7-8,11-14H,5-6,9-10H2,(H,38,39)(H,40,41)(H,42,43)(H,44,45)(H3,26,30,32,36)(H3,27,31,33,37)/t11-,12-,13+,14+/m0/s1. The highest BCUT2D eigenvalue weighted by Crippen LogP contribution is 2.81. The highest BCUT2D eigenvalue weighted by molar-refractivity contribution is 7.79. The van der Waals surface area contributed by atoms with Crippen LogP contribution in [0.25, 0.3) is 22.3 Å². The first-order chi connectivity index (χ1) is 24.6. The van der Waals surface area contributed by atoms with Crippen LogP contribution in [0.3, 0.4) is 0 Å². The van der Waals surface area contributed by atoms with E-state index in [0.717, 1.165) is 0 Å². The third kappa shape index (κ3) is 7.90. The molecule has 10 N–H and O–H groups in total. The number of aromatic amines is 2. The quantitative estimate of drug-likeness (QED) is 0.0658. The Labute approximate surface area is 292 Å². The van der Waals surface area contributed by atoms with Crippen LogP contribution in [0.15, 0.2) is 46.5 Å². The molecule has 0 aromatic carbocycles. The molecule has 24 nitrogen and oxygen atoms in total. The summed E-state index contributed by atoms with van der Waals surface area (Å²) in [5.74, 6) is -0.394. The monoisotopic (exact) mass is 830 g/mol. The largest absolute Gasteiger partial charge is 0.444 e. The zero-order valence-electron chi connectivity index (χ0n) is 26.4. The Bertz CT molecular complexity index is 2300. The SMILES string of the molecule is Nc1nc2c(ncn2[C@H]2C=C[C@@H](OCP(=O)(O)OP(=O)(O)C(F)(F)P(=O)(O)OP(=O)(O)CO[C@@H]3C=C[C@H](n4cnc5c(=O)[nH]c(N)nc54)C3)C2)c(=O)[nH]1. The minimum Gasteiger partial charge on any atom is -0.369 e. The molecular weight excluding hydrogens is 802 g/mol. The number of alkyl halides is 2. The lowest BCUT2D eigenvalue weighted by Crippen LogP contribution is -2.21. The van der Waals surface area contributed by atoms with Gasteiger partial charge in [-0.25, -0.2) is 18.6 Å². The molecule has 4 aromatic rings. The van der Waals surface area contributed by atoms with E-state index in [1.54, 1.807) is 0 Å². The summed E-state index contributed by atoms with van der Waals surface area (Å²) in [5, 5.41) is -5.92. The third-order valence-corrected chi connectivity index (χ3v) is 15.4. The molecule has 6 rings (SSSR count). The minimum absolute atomic E-state index is 0.00552. The maximum atomic E-state index is 15.0. The number of anilines is 2. The molecule has 0 spiro atoms. The first kappa shape index (κ1) is 38.9. The average Bonchev–Trinajstić information content (AvgIpc) is 3.84.